The maximum Gasteiger partial charge on any atom is 0.109 e. The molecule has 3 rings (SSSR count). The van der Waals surface area contributed by atoms with Crippen molar-refractivity contribution in [2.45, 2.75) is 37.1 Å². The van der Waals surface area contributed by atoms with Crippen molar-refractivity contribution >= 4 is 17.4 Å². The summed E-state index contributed by atoms with van der Waals surface area (Å²) in [5.74, 6) is 2.25. The molecule has 1 aromatic carbocycles. The van der Waals surface area contributed by atoms with Crippen molar-refractivity contribution in [2.24, 2.45) is 0 Å². The summed E-state index contributed by atoms with van der Waals surface area (Å²) in [4.78, 5) is 1.33. The summed E-state index contributed by atoms with van der Waals surface area (Å²) in [5.41, 5.74) is 2.58. The zero-order valence-corrected chi connectivity index (χ0v) is 12.0. The number of fused-ring (bicyclic) bond motifs is 1. The summed E-state index contributed by atoms with van der Waals surface area (Å²) < 4.78 is 5.56. The minimum Gasteiger partial charge on any atom is -0.469 e. The molecule has 1 aromatic heterocycles. The monoisotopic (exact) mass is 273 g/mol. The van der Waals surface area contributed by atoms with Crippen molar-refractivity contribution in [3.63, 3.8) is 0 Å². The third-order valence-corrected chi connectivity index (χ3v) is 4.52. The van der Waals surface area contributed by atoms with Gasteiger partial charge in [-0.25, -0.2) is 0 Å². The van der Waals surface area contributed by atoms with E-state index in [1.54, 1.807) is 0 Å². The SMILES string of the molecule is CCSc1ccccc1NC1CCCc2occc21. The molecule has 1 atom stereocenters. The van der Waals surface area contributed by atoms with Crippen LogP contribution in [0, 0.1) is 0 Å². The van der Waals surface area contributed by atoms with Crippen molar-refractivity contribution in [1.82, 2.24) is 0 Å². The van der Waals surface area contributed by atoms with Crippen molar-refractivity contribution in [2.75, 3.05) is 11.1 Å². The molecule has 0 radical (unpaired) electrons. The number of aryl methyl sites for hydroxylation is 1. The second kappa shape index (κ2) is 5.74. The maximum absolute atomic E-state index is 5.56. The van der Waals surface area contributed by atoms with Crippen LogP contribution in [0.1, 0.15) is 37.1 Å². The molecule has 2 nitrogen and oxygen atoms in total. The van der Waals surface area contributed by atoms with Crippen LogP contribution in [-0.4, -0.2) is 5.75 Å². The van der Waals surface area contributed by atoms with Crippen molar-refractivity contribution in [1.29, 1.82) is 0 Å². The third-order valence-electron chi connectivity index (χ3n) is 3.57. The molecule has 100 valence electrons. The zero-order valence-electron chi connectivity index (χ0n) is 11.2. The predicted molar refractivity (Wildman–Crippen MR) is 80.8 cm³/mol. The van der Waals surface area contributed by atoms with E-state index in [9.17, 15) is 0 Å². The van der Waals surface area contributed by atoms with Gasteiger partial charge in [0.25, 0.3) is 0 Å². The van der Waals surface area contributed by atoms with Crippen molar-refractivity contribution in [3.05, 3.63) is 47.9 Å². The van der Waals surface area contributed by atoms with Gasteiger partial charge in [0.15, 0.2) is 0 Å². The fraction of sp³-hybridized carbons (Fsp3) is 0.375. The fourth-order valence-corrected chi connectivity index (χ4v) is 3.46. The molecule has 0 saturated heterocycles. The minimum absolute atomic E-state index is 0.390. The van der Waals surface area contributed by atoms with Crippen LogP contribution >= 0.6 is 11.8 Å². The van der Waals surface area contributed by atoms with Gasteiger partial charge in [-0.05, 0) is 36.8 Å². The predicted octanol–water partition coefficient (Wildman–Crippen LogP) is 4.88. The van der Waals surface area contributed by atoms with Crippen LogP contribution in [-0.2, 0) is 6.42 Å². The molecular formula is C16H19NOS. The number of benzene rings is 1. The molecule has 2 aromatic rings. The van der Waals surface area contributed by atoms with Gasteiger partial charge >= 0.3 is 0 Å². The minimum atomic E-state index is 0.390. The molecule has 1 N–H and O–H groups in total. The number of rotatable bonds is 4. The number of hydrogen-bond donors (Lipinski definition) is 1. The van der Waals surface area contributed by atoms with Gasteiger partial charge in [-0.15, -0.1) is 11.8 Å². The van der Waals surface area contributed by atoms with Crippen LogP contribution in [0.3, 0.4) is 0 Å². The number of nitrogens with one attached hydrogen (secondary N) is 1. The second-order valence-electron chi connectivity index (χ2n) is 4.82. The lowest BCUT2D eigenvalue weighted by molar-refractivity contribution is 0.461. The standard InChI is InChI=1S/C16H19NOS/c1-2-19-16-9-4-3-6-14(16)17-13-7-5-8-15-12(13)10-11-18-15/h3-4,6,9-11,13,17H,2,5,7-8H2,1H3. The molecule has 0 fully saturated rings. The summed E-state index contributed by atoms with van der Waals surface area (Å²) in [5, 5.41) is 3.70. The van der Waals surface area contributed by atoms with Crippen LogP contribution in [0.2, 0.25) is 0 Å². The third kappa shape index (κ3) is 2.66. The van der Waals surface area contributed by atoms with Crippen LogP contribution in [0.4, 0.5) is 5.69 Å². The second-order valence-corrected chi connectivity index (χ2v) is 6.12. The molecule has 3 heteroatoms. The molecule has 19 heavy (non-hydrogen) atoms. The first kappa shape index (κ1) is 12.7. The van der Waals surface area contributed by atoms with E-state index in [-0.39, 0.29) is 0 Å². The number of para-hydroxylation sites is 1. The highest BCUT2D eigenvalue weighted by Gasteiger charge is 2.22. The number of thioether (sulfide) groups is 1. The Balaban J connectivity index is 1.83. The number of furan rings is 1. The fourth-order valence-electron chi connectivity index (χ4n) is 2.69. The van der Waals surface area contributed by atoms with Gasteiger partial charge in [-0.2, -0.15) is 0 Å². The molecule has 1 unspecified atom stereocenters. The lowest BCUT2D eigenvalue weighted by atomic mass is 9.93. The summed E-state index contributed by atoms with van der Waals surface area (Å²) in [7, 11) is 0. The molecule has 0 saturated carbocycles. The number of hydrogen-bond acceptors (Lipinski definition) is 3. The van der Waals surface area contributed by atoms with Crippen LogP contribution in [0.25, 0.3) is 0 Å². The van der Waals surface area contributed by atoms with Crippen molar-refractivity contribution < 1.29 is 4.42 Å². The van der Waals surface area contributed by atoms with Crippen LogP contribution < -0.4 is 5.32 Å². The molecule has 1 heterocycles. The van der Waals surface area contributed by atoms with E-state index < -0.39 is 0 Å². The largest absolute Gasteiger partial charge is 0.469 e. The average molecular weight is 273 g/mol. The van der Waals surface area contributed by atoms with Gasteiger partial charge in [0, 0.05) is 22.6 Å². The summed E-state index contributed by atoms with van der Waals surface area (Å²) in [6.07, 6.45) is 5.27. The van der Waals surface area contributed by atoms with Gasteiger partial charge in [-0.1, -0.05) is 19.1 Å². The lowest BCUT2D eigenvalue weighted by Crippen LogP contribution is -2.16. The topological polar surface area (TPSA) is 25.2 Å². The van der Waals surface area contributed by atoms with E-state index in [0.29, 0.717) is 6.04 Å². The van der Waals surface area contributed by atoms with Gasteiger partial charge in [0.05, 0.1) is 12.3 Å². The lowest BCUT2D eigenvalue weighted by Gasteiger charge is -2.24. The number of anilines is 1. The van der Waals surface area contributed by atoms with E-state index in [1.807, 2.05) is 18.0 Å². The molecule has 0 bridgehead atoms. The quantitative estimate of drug-likeness (QED) is 0.804. The van der Waals surface area contributed by atoms with E-state index in [4.69, 9.17) is 4.42 Å². The van der Waals surface area contributed by atoms with Gasteiger partial charge in [-0.3, -0.25) is 0 Å². The van der Waals surface area contributed by atoms with Crippen LogP contribution in [0.5, 0.6) is 0 Å². The normalized spacial score (nSPS) is 18.1. The maximum atomic E-state index is 5.56. The Labute approximate surface area is 118 Å². The molecule has 0 spiro atoms. The summed E-state index contributed by atoms with van der Waals surface area (Å²) >= 11 is 1.89. The molecule has 1 aliphatic rings. The zero-order chi connectivity index (χ0) is 13.1. The Morgan fingerprint density at radius 1 is 1.32 bits per heavy atom. The van der Waals surface area contributed by atoms with Crippen molar-refractivity contribution in [3.8, 4) is 0 Å². The Bertz CT molecular complexity index is 549. The van der Waals surface area contributed by atoms with Gasteiger partial charge < -0.3 is 9.73 Å². The summed E-state index contributed by atoms with van der Waals surface area (Å²) in [6.45, 7) is 2.19. The van der Waals surface area contributed by atoms with E-state index in [1.165, 1.54) is 29.0 Å². The van der Waals surface area contributed by atoms with E-state index >= 15 is 0 Å². The summed E-state index contributed by atoms with van der Waals surface area (Å²) in [6, 6.07) is 11.1. The first-order valence-corrected chi connectivity index (χ1v) is 7.91. The molecule has 0 aliphatic heterocycles. The Hall–Kier alpha value is -1.35. The average Bonchev–Trinajstić information content (AvgIpc) is 2.91. The van der Waals surface area contributed by atoms with E-state index in [2.05, 4.69) is 42.6 Å². The highest BCUT2D eigenvalue weighted by Crippen LogP contribution is 2.36. The highest BCUT2D eigenvalue weighted by molar-refractivity contribution is 7.99. The highest BCUT2D eigenvalue weighted by atomic mass is 32.2. The molecule has 0 amide bonds. The Morgan fingerprint density at radius 3 is 3.11 bits per heavy atom. The molecule has 1 aliphatic carbocycles. The Morgan fingerprint density at radius 2 is 2.21 bits per heavy atom. The van der Waals surface area contributed by atoms with Gasteiger partial charge in [0.2, 0.25) is 0 Å². The first-order valence-electron chi connectivity index (χ1n) is 6.93. The molecular weight excluding hydrogens is 254 g/mol. The van der Waals surface area contributed by atoms with E-state index in [0.717, 1.165) is 17.9 Å². The van der Waals surface area contributed by atoms with Crippen LogP contribution in [0.15, 0.2) is 45.9 Å². The smallest absolute Gasteiger partial charge is 0.109 e. The first-order chi connectivity index (χ1) is 9.38. The van der Waals surface area contributed by atoms with Gasteiger partial charge in [0.1, 0.15) is 5.76 Å². The Kier molecular flexibility index (Phi) is 3.83.